The highest BCUT2D eigenvalue weighted by molar-refractivity contribution is 7.87. The molecule has 0 saturated carbocycles. The lowest BCUT2D eigenvalue weighted by Crippen LogP contribution is -2.58. The zero-order valence-electron chi connectivity index (χ0n) is 9.90. The third-order valence-corrected chi connectivity index (χ3v) is 4.74. The first-order chi connectivity index (χ1) is 8.81. The Labute approximate surface area is 110 Å². The Hall–Kier alpha value is -1.41. The van der Waals surface area contributed by atoms with E-state index in [1.807, 2.05) is 0 Å². The maximum atomic E-state index is 13.2. The minimum Gasteiger partial charge on any atom is -0.289 e. The van der Waals surface area contributed by atoms with Gasteiger partial charge in [-0.2, -0.15) is 13.2 Å². The van der Waals surface area contributed by atoms with E-state index in [2.05, 4.69) is 0 Å². The summed E-state index contributed by atoms with van der Waals surface area (Å²) in [5.41, 5.74) is 0.962. The van der Waals surface area contributed by atoms with E-state index < -0.39 is 34.1 Å². The monoisotopic (exact) mass is 295 g/mol. The van der Waals surface area contributed by atoms with Gasteiger partial charge in [0.05, 0.1) is 10.8 Å². The van der Waals surface area contributed by atoms with Gasteiger partial charge in [-0.05, 0) is 18.6 Å². The molecule has 0 aliphatic heterocycles. The number of carbonyl (C=O) groups excluding carboxylic acids is 1. The fraction of sp³-hybridized carbons (Fsp3) is 0.364. The van der Waals surface area contributed by atoms with Gasteiger partial charge in [0.15, 0.2) is 0 Å². The van der Waals surface area contributed by atoms with Crippen LogP contribution in [0.1, 0.15) is 13.3 Å². The van der Waals surface area contributed by atoms with Gasteiger partial charge in [0, 0.05) is 4.90 Å². The first kappa shape index (κ1) is 15.6. The first-order valence-corrected chi connectivity index (χ1v) is 6.44. The molecule has 1 aromatic carbocycles. The Bertz CT molecular complexity index is 478. The van der Waals surface area contributed by atoms with Gasteiger partial charge in [0.25, 0.3) is 5.91 Å². The average Bonchev–Trinajstić information content (AvgIpc) is 2.39. The predicted octanol–water partition coefficient (Wildman–Crippen LogP) is 2.01. The molecular weight excluding hydrogens is 283 g/mol. The van der Waals surface area contributed by atoms with Gasteiger partial charge in [-0.3, -0.25) is 14.2 Å². The van der Waals surface area contributed by atoms with Gasteiger partial charge in [0.1, 0.15) is 0 Å². The van der Waals surface area contributed by atoms with Gasteiger partial charge in [-0.15, -0.1) is 0 Å². The van der Waals surface area contributed by atoms with Crippen molar-refractivity contribution >= 4 is 16.7 Å². The predicted molar refractivity (Wildman–Crippen MR) is 61.9 cm³/mol. The van der Waals surface area contributed by atoms with Crippen LogP contribution in [-0.4, -0.2) is 26.2 Å². The average molecular weight is 295 g/mol. The van der Waals surface area contributed by atoms with E-state index in [0.717, 1.165) is 12.4 Å². The largest absolute Gasteiger partial charge is 0.415 e. The fourth-order valence-corrected chi connectivity index (χ4v) is 3.14. The van der Waals surface area contributed by atoms with Crippen LogP contribution in [0.5, 0.6) is 0 Å². The maximum Gasteiger partial charge on any atom is 0.415 e. The second-order valence-electron chi connectivity index (χ2n) is 3.70. The lowest BCUT2D eigenvalue weighted by atomic mass is 10.0. The Kier molecular flexibility index (Phi) is 4.70. The molecule has 1 amide bonds. The zero-order chi connectivity index (χ0) is 14.7. The molecule has 0 radical (unpaired) electrons. The van der Waals surface area contributed by atoms with Crippen LogP contribution in [0.2, 0.25) is 0 Å². The Morgan fingerprint density at radius 3 is 2.21 bits per heavy atom. The smallest absolute Gasteiger partial charge is 0.289 e. The topological polar surface area (TPSA) is 66.4 Å². The van der Waals surface area contributed by atoms with Gasteiger partial charge >= 0.3 is 6.18 Å². The number of nitrogens with one attached hydrogen (secondary N) is 1. The highest BCUT2D eigenvalue weighted by atomic mass is 32.2. The van der Waals surface area contributed by atoms with E-state index in [9.17, 15) is 22.2 Å². The quantitative estimate of drug-likeness (QED) is 0.659. The molecule has 8 heteroatoms. The lowest BCUT2D eigenvalue weighted by molar-refractivity contribution is -0.177. The third-order valence-electron chi connectivity index (χ3n) is 2.70. The molecule has 2 N–H and O–H groups in total. The van der Waals surface area contributed by atoms with E-state index in [1.54, 1.807) is 6.07 Å². The molecule has 0 bridgehead atoms. The Morgan fingerprint density at radius 1 is 1.32 bits per heavy atom. The van der Waals surface area contributed by atoms with Crippen LogP contribution >= 0.6 is 0 Å². The van der Waals surface area contributed by atoms with E-state index in [4.69, 9.17) is 5.21 Å². The summed E-state index contributed by atoms with van der Waals surface area (Å²) in [5, 5.41) is 8.53. The normalized spacial score (nSPS) is 16.5. The van der Waals surface area contributed by atoms with Crippen LogP contribution in [0.15, 0.2) is 35.2 Å². The number of halogens is 3. The van der Waals surface area contributed by atoms with Gasteiger partial charge < -0.3 is 0 Å². The molecule has 0 spiro atoms. The first-order valence-electron chi connectivity index (χ1n) is 5.29. The number of amides is 1. The van der Waals surface area contributed by atoms with Gasteiger partial charge in [-0.1, -0.05) is 25.1 Å². The molecule has 1 aromatic rings. The van der Waals surface area contributed by atoms with E-state index in [0.29, 0.717) is 0 Å². The highest BCUT2D eigenvalue weighted by Gasteiger charge is 2.64. The van der Waals surface area contributed by atoms with Crippen molar-refractivity contribution in [1.29, 1.82) is 0 Å². The zero-order valence-corrected chi connectivity index (χ0v) is 10.7. The molecular formula is C11H12F3NO3S. The molecule has 2 unspecified atom stereocenters. The molecule has 0 aliphatic rings. The fourth-order valence-electron chi connectivity index (χ4n) is 1.65. The van der Waals surface area contributed by atoms with Gasteiger partial charge in [-0.25, -0.2) is 5.48 Å². The standard InChI is InChI=1S/C11H12F3NO3S/c1-2-10(9(16)15-17,11(12,13)14)19(18)8-6-4-3-5-7-8/h3-7,17H,2H2,1H3,(H,15,16). The van der Waals surface area contributed by atoms with Crippen LogP contribution in [0.3, 0.4) is 0 Å². The number of hydrogen-bond acceptors (Lipinski definition) is 3. The van der Waals surface area contributed by atoms with Crippen molar-refractivity contribution < 1.29 is 27.4 Å². The lowest BCUT2D eigenvalue weighted by Gasteiger charge is -2.31. The highest BCUT2D eigenvalue weighted by Crippen LogP contribution is 2.40. The molecule has 1 rings (SSSR count). The van der Waals surface area contributed by atoms with Crippen molar-refractivity contribution in [2.24, 2.45) is 0 Å². The molecule has 0 heterocycles. The number of carbonyl (C=O) groups is 1. The van der Waals surface area contributed by atoms with Gasteiger partial charge in [0.2, 0.25) is 4.75 Å². The van der Waals surface area contributed by atoms with E-state index in [-0.39, 0.29) is 4.90 Å². The number of benzene rings is 1. The number of hydroxylamine groups is 1. The summed E-state index contributed by atoms with van der Waals surface area (Å²) in [4.78, 5) is 11.3. The van der Waals surface area contributed by atoms with Crippen molar-refractivity contribution in [3.05, 3.63) is 30.3 Å². The van der Waals surface area contributed by atoms with Crippen molar-refractivity contribution in [3.63, 3.8) is 0 Å². The third kappa shape index (κ3) is 2.64. The van der Waals surface area contributed by atoms with Crippen LogP contribution in [0.4, 0.5) is 13.2 Å². The van der Waals surface area contributed by atoms with Crippen LogP contribution in [0, 0.1) is 0 Å². The molecule has 0 fully saturated rings. The number of alkyl halides is 3. The van der Waals surface area contributed by atoms with E-state index >= 15 is 0 Å². The van der Waals surface area contributed by atoms with Crippen LogP contribution in [0.25, 0.3) is 0 Å². The van der Waals surface area contributed by atoms with Crippen LogP contribution < -0.4 is 5.48 Å². The second-order valence-corrected chi connectivity index (χ2v) is 5.41. The Morgan fingerprint density at radius 2 is 1.84 bits per heavy atom. The molecule has 4 nitrogen and oxygen atoms in total. The summed E-state index contributed by atoms with van der Waals surface area (Å²) >= 11 is 0. The molecule has 19 heavy (non-hydrogen) atoms. The minimum atomic E-state index is -5.06. The molecule has 0 saturated heterocycles. The molecule has 106 valence electrons. The number of hydrogen-bond donors (Lipinski definition) is 2. The summed E-state index contributed by atoms with van der Waals surface area (Å²) in [5.74, 6) is -1.73. The van der Waals surface area contributed by atoms with E-state index in [1.165, 1.54) is 24.3 Å². The van der Waals surface area contributed by atoms with Crippen molar-refractivity contribution in [3.8, 4) is 0 Å². The summed E-state index contributed by atoms with van der Waals surface area (Å²) in [6, 6.07) is 6.85. The summed E-state index contributed by atoms with van der Waals surface area (Å²) in [6.07, 6.45) is -5.82. The van der Waals surface area contributed by atoms with Crippen molar-refractivity contribution in [2.75, 3.05) is 0 Å². The summed E-state index contributed by atoms with van der Waals surface area (Å²) in [6.45, 7) is 1.09. The molecule has 2 atom stereocenters. The van der Waals surface area contributed by atoms with Crippen molar-refractivity contribution in [1.82, 2.24) is 5.48 Å². The maximum absolute atomic E-state index is 13.2. The van der Waals surface area contributed by atoms with Crippen LogP contribution in [-0.2, 0) is 15.6 Å². The minimum absolute atomic E-state index is 0.134. The van der Waals surface area contributed by atoms with Crippen molar-refractivity contribution in [2.45, 2.75) is 29.2 Å². The number of rotatable bonds is 4. The summed E-state index contributed by atoms with van der Waals surface area (Å²) in [7, 11) is -2.68. The SMILES string of the molecule is CCC(C(=O)NO)(S(=O)c1ccccc1)C(F)(F)F. The molecule has 0 aromatic heterocycles. The second kappa shape index (κ2) is 5.70. The Balaban J connectivity index is 3.41. The summed E-state index contributed by atoms with van der Waals surface area (Å²) < 4.78 is 48.5. The molecule has 0 aliphatic carbocycles.